The zero-order valence-electron chi connectivity index (χ0n) is 18.7. The maximum absolute atomic E-state index is 13.7. The van der Waals surface area contributed by atoms with Gasteiger partial charge in [0.1, 0.15) is 5.82 Å². The van der Waals surface area contributed by atoms with E-state index < -0.39 is 10.0 Å². The number of hydrogen-bond acceptors (Lipinski definition) is 5. The van der Waals surface area contributed by atoms with Crippen LogP contribution in [0.15, 0.2) is 65.7 Å². The molecular formula is C25H28N4O2S. The smallest absolute Gasteiger partial charge is 0.268 e. The predicted molar refractivity (Wildman–Crippen MR) is 130 cm³/mol. The fourth-order valence-electron chi connectivity index (χ4n) is 4.36. The molecule has 1 aliphatic heterocycles. The fraction of sp³-hybridized carbons (Fsp3) is 0.320. The van der Waals surface area contributed by atoms with Crippen LogP contribution in [0.3, 0.4) is 0 Å². The number of anilines is 1. The van der Waals surface area contributed by atoms with Crippen LogP contribution in [-0.4, -0.2) is 43.6 Å². The molecule has 4 aromatic rings. The molecule has 0 bridgehead atoms. The molecule has 2 aromatic heterocycles. The van der Waals surface area contributed by atoms with Gasteiger partial charge in [-0.05, 0) is 35.2 Å². The molecule has 0 amide bonds. The quantitative estimate of drug-likeness (QED) is 0.510. The lowest BCUT2D eigenvalue weighted by molar-refractivity contribution is 0.583. The maximum Gasteiger partial charge on any atom is 0.268 e. The topological polar surface area (TPSA) is 67.2 Å². The highest BCUT2D eigenvalue weighted by Crippen LogP contribution is 2.35. The van der Waals surface area contributed by atoms with Crippen molar-refractivity contribution in [1.82, 2.24) is 14.3 Å². The van der Waals surface area contributed by atoms with Crippen LogP contribution in [-0.2, 0) is 15.4 Å². The Balaban J connectivity index is 1.72. The molecule has 0 atom stereocenters. The minimum Gasteiger partial charge on any atom is -0.353 e. The first-order chi connectivity index (χ1) is 15.3. The molecule has 1 fully saturated rings. The van der Waals surface area contributed by atoms with Crippen molar-refractivity contribution in [2.45, 2.75) is 31.1 Å². The van der Waals surface area contributed by atoms with E-state index in [2.05, 4.69) is 31.0 Å². The van der Waals surface area contributed by atoms with Crippen LogP contribution in [0.25, 0.3) is 21.8 Å². The van der Waals surface area contributed by atoms with Gasteiger partial charge in [-0.25, -0.2) is 17.4 Å². The third-order valence-corrected chi connectivity index (χ3v) is 7.86. The van der Waals surface area contributed by atoms with E-state index >= 15 is 0 Å². The summed E-state index contributed by atoms with van der Waals surface area (Å²) < 4.78 is 28.9. The summed E-state index contributed by atoms with van der Waals surface area (Å²) in [6.45, 7) is 9.80. The molecule has 166 valence electrons. The minimum absolute atomic E-state index is 0.0392. The lowest BCUT2D eigenvalue weighted by atomic mass is 9.87. The van der Waals surface area contributed by atoms with Gasteiger partial charge in [0.05, 0.1) is 15.9 Å². The number of piperazine rings is 1. The van der Waals surface area contributed by atoms with Gasteiger partial charge in [0.2, 0.25) is 0 Å². The highest BCUT2D eigenvalue weighted by molar-refractivity contribution is 7.90. The second kappa shape index (κ2) is 7.60. The highest BCUT2D eigenvalue weighted by Gasteiger charge is 2.25. The molecule has 0 saturated carbocycles. The van der Waals surface area contributed by atoms with Crippen molar-refractivity contribution in [3.63, 3.8) is 0 Å². The first-order valence-electron chi connectivity index (χ1n) is 11.0. The SMILES string of the molecule is CC(C)(C)c1ccc(S(=O)(=O)n2ccc3c(N4CCNCC4)nc4ccccc4c32)cc1. The molecule has 0 unspecified atom stereocenters. The van der Waals surface area contributed by atoms with Crippen LogP contribution < -0.4 is 10.2 Å². The molecule has 0 spiro atoms. The summed E-state index contributed by atoms with van der Waals surface area (Å²) in [5.41, 5.74) is 2.54. The van der Waals surface area contributed by atoms with Crippen LogP contribution in [0.2, 0.25) is 0 Å². The van der Waals surface area contributed by atoms with Crippen molar-refractivity contribution in [3.05, 3.63) is 66.4 Å². The first kappa shape index (κ1) is 21.0. The third-order valence-electron chi connectivity index (χ3n) is 6.17. The zero-order valence-corrected chi connectivity index (χ0v) is 19.5. The van der Waals surface area contributed by atoms with E-state index in [1.165, 1.54) is 3.97 Å². The Labute approximate surface area is 188 Å². The first-order valence-corrected chi connectivity index (χ1v) is 12.4. The van der Waals surface area contributed by atoms with Crippen molar-refractivity contribution in [2.75, 3.05) is 31.1 Å². The van der Waals surface area contributed by atoms with Gasteiger partial charge >= 0.3 is 0 Å². The van der Waals surface area contributed by atoms with Crippen LogP contribution >= 0.6 is 0 Å². The molecule has 1 aliphatic rings. The highest BCUT2D eigenvalue weighted by atomic mass is 32.2. The van der Waals surface area contributed by atoms with Crippen LogP contribution in [0.1, 0.15) is 26.3 Å². The lowest BCUT2D eigenvalue weighted by Gasteiger charge is -2.29. The molecule has 1 N–H and O–H groups in total. The van der Waals surface area contributed by atoms with E-state index in [1.807, 2.05) is 42.5 Å². The fourth-order valence-corrected chi connectivity index (χ4v) is 5.73. The predicted octanol–water partition coefficient (Wildman–Crippen LogP) is 4.13. The van der Waals surface area contributed by atoms with Gasteiger partial charge in [0.25, 0.3) is 10.0 Å². The minimum atomic E-state index is -3.77. The van der Waals surface area contributed by atoms with Crippen LogP contribution in [0.4, 0.5) is 5.82 Å². The Hall–Kier alpha value is -2.90. The molecule has 3 heterocycles. The van der Waals surface area contributed by atoms with E-state index in [0.717, 1.165) is 53.8 Å². The zero-order chi connectivity index (χ0) is 22.5. The van der Waals surface area contributed by atoms with E-state index in [9.17, 15) is 8.42 Å². The number of nitrogens with one attached hydrogen (secondary N) is 1. The van der Waals surface area contributed by atoms with Gasteiger partial charge in [-0.3, -0.25) is 0 Å². The molecule has 0 radical (unpaired) electrons. The van der Waals surface area contributed by atoms with E-state index in [1.54, 1.807) is 18.3 Å². The van der Waals surface area contributed by atoms with Gasteiger partial charge < -0.3 is 10.2 Å². The number of rotatable bonds is 3. The van der Waals surface area contributed by atoms with Crippen molar-refractivity contribution in [3.8, 4) is 0 Å². The molecular weight excluding hydrogens is 420 g/mol. The maximum atomic E-state index is 13.7. The number of para-hydroxylation sites is 1. The third kappa shape index (κ3) is 3.45. The second-order valence-corrected chi connectivity index (χ2v) is 11.2. The summed E-state index contributed by atoms with van der Waals surface area (Å²) in [6, 6.07) is 16.9. The van der Waals surface area contributed by atoms with Gasteiger partial charge in [-0.2, -0.15) is 0 Å². The summed E-state index contributed by atoms with van der Waals surface area (Å²) >= 11 is 0. The molecule has 32 heavy (non-hydrogen) atoms. The number of benzene rings is 2. The van der Waals surface area contributed by atoms with Crippen molar-refractivity contribution in [2.24, 2.45) is 0 Å². The van der Waals surface area contributed by atoms with Gasteiger partial charge in [0, 0.05) is 43.1 Å². The molecule has 0 aliphatic carbocycles. The number of fused-ring (bicyclic) bond motifs is 3. The summed E-state index contributed by atoms with van der Waals surface area (Å²) in [6.07, 6.45) is 1.66. The molecule has 1 saturated heterocycles. The largest absolute Gasteiger partial charge is 0.353 e. The van der Waals surface area contributed by atoms with Gasteiger partial charge in [-0.15, -0.1) is 0 Å². The van der Waals surface area contributed by atoms with Gasteiger partial charge in [0.15, 0.2) is 0 Å². The van der Waals surface area contributed by atoms with E-state index in [-0.39, 0.29) is 10.3 Å². The van der Waals surface area contributed by atoms with E-state index in [0.29, 0.717) is 5.52 Å². The van der Waals surface area contributed by atoms with Crippen LogP contribution in [0, 0.1) is 0 Å². The Bertz CT molecular complexity index is 1390. The summed E-state index contributed by atoms with van der Waals surface area (Å²) in [5, 5.41) is 5.06. The Kier molecular flexibility index (Phi) is 4.98. The summed E-state index contributed by atoms with van der Waals surface area (Å²) in [7, 11) is -3.77. The molecule has 7 heteroatoms. The Morgan fingerprint density at radius 2 is 1.59 bits per heavy atom. The average molecular weight is 449 g/mol. The average Bonchev–Trinajstić information content (AvgIpc) is 3.25. The lowest BCUT2D eigenvalue weighted by Crippen LogP contribution is -2.44. The number of aromatic nitrogens is 2. The Morgan fingerprint density at radius 3 is 2.28 bits per heavy atom. The monoisotopic (exact) mass is 448 g/mol. The van der Waals surface area contributed by atoms with Crippen molar-refractivity contribution >= 4 is 37.6 Å². The number of nitrogens with zero attached hydrogens (tertiary/aromatic N) is 3. The van der Waals surface area contributed by atoms with Gasteiger partial charge in [-0.1, -0.05) is 51.1 Å². The number of pyridine rings is 1. The van der Waals surface area contributed by atoms with E-state index in [4.69, 9.17) is 4.98 Å². The summed E-state index contributed by atoms with van der Waals surface area (Å²) in [5.74, 6) is 0.845. The number of hydrogen-bond donors (Lipinski definition) is 1. The molecule has 6 nitrogen and oxygen atoms in total. The standard InChI is InChI=1S/C25H28N4O2S/c1-25(2,3)18-8-10-19(11-9-18)32(30,31)29-15-12-21-23(29)20-6-4-5-7-22(20)27-24(21)28-16-13-26-14-17-28/h4-12,15,26H,13-14,16-17H2,1-3H3. The normalized spacial score (nSPS) is 15.5. The Morgan fingerprint density at radius 1 is 0.906 bits per heavy atom. The summed E-state index contributed by atoms with van der Waals surface area (Å²) in [4.78, 5) is 7.45. The van der Waals surface area contributed by atoms with Crippen molar-refractivity contribution < 1.29 is 8.42 Å². The molecule has 5 rings (SSSR count). The second-order valence-electron chi connectivity index (χ2n) is 9.34. The molecule has 2 aromatic carbocycles. The van der Waals surface area contributed by atoms with Crippen molar-refractivity contribution in [1.29, 1.82) is 0 Å². The van der Waals surface area contributed by atoms with Crippen LogP contribution in [0.5, 0.6) is 0 Å².